The lowest BCUT2D eigenvalue weighted by Gasteiger charge is -2.23. The Morgan fingerprint density at radius 1 is 1.18 bits per heavy atom. The predicted octanol–water partition coefficient (Wildman–Crippen LogP) is 3.89. The van der Waals surface area contributed by atoms with Crippen molar-refractivity contribution in [1.29, 1.82) is 0 Å². The molecule has 0 aliphatic heterocycles. The summed E-state index contributed by atoms with van der Waals surface area (Å²) in [6.45, 7) is 8.04. The van der Waals surface area contributed by atoms with E-state index in [-0.39, 0.29) is 6.04 Å². The maximum absolute atomic E-state index is 12.1. The highest BCUT2D eigenvalue weighted by molar-refractivity contribution is 5.83. The molecule has 148 valence electrons. The third-order valence-corrected chi connectivity index (χ3v) is 4.09. The largest absolute Gasteiger partial charge is 0.444 e. The minimum absolute atomic E-state index is 0.149. The van der Waals surface area contributed by atoms with Gasteiger partial charge in [-0.2, -0.15) is 4.98 Å². The molecule has 28 heavy (non-hydrogen) atoms. The van der Waals surface area contributed by atoms with Crippen molar-refractivity contribution < 1.29 is 14.1 Å². The number of aryl methyl sites for hydroxylation is 1. The lowest BCUT2D eigenvalue weighted by atomic mass is 10.0. The Balaban J connectivity index is 1.75. The molecule has 0 saturated heterocycles. The Morgan fingerprint density at radius 3 is 2.61 bits per heavy atom. The topological polar surface area (TPSA) is 89.3 Å². The van der Waals surface area contributed by atoms with Crippen molar-refractivity contribution in [3.63, 3.8) is 0 Å². The van der Waals surface area contributed by atoms with Crippen LogP contribution in [0, 0.1) is 6.92 Å². The average Bonchev–Trinajstić information content (AvgIpc) is 3.05. The normalized spacial score (nSPS) is 12.7. The van der Waals surface area contributed by atoms with Crippen molar-refractivity contribution in [2.75, 3.05) is 6.54 Å². The molecule has 1 aromatic heterocycles. The van der Waals surface area contributed by atoms with Gasteiger partial charge in [-0.05, 0) is 50.1 Å². The molecule has 2 aromatic carbocycles. The highest BCUT2D eigenvalue weighted by Crippen LogP contribution is 2.21. The molecular formula is C21H26N4O3. The van der Waals surface area contributed by atoms with E-state index in [1.165, 1.54) is 0 Å². The predicted molar refractivity (Wildman–Crippen MR) is 107 cm³/mol. The van der Waals surface area contributed by atoms with E-state index < -0.39 is 11.7 Å². The minimum Gasteiger partial charge on any atom is -0.444 e. The Morgan fingerprint density at radius 2 is 1.93 bits per heavy atom. The molecule has 0 radical (unpaired) electrons. The van der Waals surface area contributed by atoms with Crippen molar-refractivity contribution >= 4 is 16.9 Å². The number of aromatic nitrogens is 2. The first-order valence-corrected chi connectivity index (χ1v) is 9.28. The molecule has 3 aromatic rings. The molecule has 0 fully saturated rings. The lowest BCUT2D eigenvalue weighted by Crippen LogP contribution is -2.38. The van der Waals surface area contributed by atoms with Crippen LogP contribution in [0.25, 0.3) is 10.8 Å². The Hall–Kier alpha value is -2.93. The summed E-state index contributed by atoms with van der Waals surface area (Å²) in [7, 11) is 0. The number of nitrogens with zero attached hydrogens (tertiary/aromatic N) is 2. The third kappa shape index (κ3) is 5.53. The molecule has 2 N–H and O–H groups in total. The lowest BCUT2D eigenvalue weighted by molar-refractivity contribution is 0.0522. The van der Waals surface area contributed by atoms with E-state index in [0.717, 1.165) is 16.3 Å². The van der Waals surface area contributed by atoms with Crippen LogP contribution < -0.4 is 10.6 Å². The zero-order chi connectivity index (χ0) is 20.1. The molecule has 1 amide bonds. The van der Waals surface area contributed by atoms with Crippen LogP contribution in [0.2, 0.25) is 0 Å². The number of carbonyl (C=O) groups is 1. The summed E-state index contributed by atoms with van der Waals surface area (Å²) >= 11 is 0. The van der Waals surface area contributed by atoms with E-state index in [4.69, 9.17) is 9.26 Å². The number of benzene rings is 2. The molecule has 0 saturated carbocycles. The monoisotopic (exact) mass is 382 g/mol. The fourth-order valence-electron chi connectivity index (χ4n) is 2.85. The van der Waals surface area contributed by atoms with Gasteiger partial charge in [-0.3, -0.25) is 5.32 Å². The van der Waals surface area contributed by atoms with Gasteiger partial charge in [-0.1, -0.05) is 41.6 Å². The van der Waals surface area contributed by atoms with Gasteiger partial charge in [0.15, 0.2) is 5.82 Å². The SMILES string of the molecule is Cc1noc(CNC(CNC(=O)OC(C)(C)C)c2ccc3ccccc3c2)n1. The van der Waals surface area contributed by atoms with Crippen LogP contribution in [0.1, 0.15) is 44.1 Å². The number of ether oxygens (including phenoxy) is 1. The molecular weight excluding hydrogens is 356 g/mol. The number of alkyl carbamates (subject to hydrolysis) is 1. The van der Waals surface area contributed by atoms with Gasteiger partial charge in [0.05, 0.1) is 12.6 Å². The number of amides is 1. The minimum atomic E-state index is -0.544. The van der Waals surface area contributed by atoms with Crippen molar-refractivity contribution in [3.05, 3.63) is 59.7 Å². The zero-order valence-corrected chi connectivity index (χ0v) is 16.7. The smallest absolute Gasteiger partial charge is 0.407 e. The van der Waals surface area contributed by atoms with Crippen LogP contribution in [-0.2, 0) is 11.3 Å². The Labute approximate surface area is 164 Å². The van der Waals surface area contributed by atoms with Crippen LogP contribution in [-0.4, -0.2) is 28.4 Å². The summed E-state index contributed by atoms with van der Waals surface area (Å²) in [5.41, 5.74) is 0.503. The van der Waals surface area contributed by atoms with Crippen molar-refractivity contribution in [2.45, 2.75) is 45.9 Å². The van der Waals surface area contributed by atoms with Crippen molar-refractivity contribution in [3.8, 4) is 0 Å². The van der Waals surface area contributed by atoms with E-state index in [0.29, 0.717) is 24.8 Å². The zero-order valence-electron chi connectivity index (χ0n) is 16.7. The highest BCUT2D eigenvalue weighted by atomic mass is 16.6. The molecule has 1 atom stereocenters. The summed E-state index contributed by atoms with van der Waals surface area (Å²) in [6.07, 6.45) is -0.450. The number of hydrogen-bond acceptors (Lipinski definition) is 6. The average molecular weight is 382 g/mol. The summed E-state index contributed by atoms with van der Waals surface area (Å²) < 4.78 is 10.5. The van der Waals surface area contributed by atoms with E-state index in [1.54, 1.807) is 6.92 Å². The first-order chi connectivity index (χ1) is 13.3. The van der Waals surface area contributed by atoms with Crippen LogP contribution in [0.3, 0.4) is 0 Å². The molecule has 7 heteroatoms. The molecule has 1 unspecified atom stereocenters. The van der Waals surface area contributed by atoms with Gasteiger partial charge < -0.3 is 14.6 Å². The molecule has 0 aliphatic carbocycles. The second-order valence-electron chi connectivity index (χ2n) is 7.66. The fraction of sp³-hybridized carbons (Fsp3) is 0.381. The maximum atomic E-state index is 12.1. The van der Waals surface area contributed by atoms with Gasteiger partial charge in [-0.25, -0.2) is 4.79 Å². The van der Waals surface area contributed by atoms with Crippen molar-refractivity contribution in [2.24, 2.45) is 0 Å². The summed E-state index contributed by atoms with van der Waals surface area (Å²) in [4.78, 5) is 16.3. The highest BCUT2D eigenvalue weighted by Gasteiger charge is 2.19. The first-order valence-electron chi connectivity index (χ1n) is 9.28. The summed E-state index contributed by atoms with van der Waals surface area (Å²) in [6, 6.07) is 14.3. The number of rotatable bonds is 6. The molecule has 0 bridgehead atoms. The Bertz CT molecular complexity index is 946. The first kappa shape index (κ1) is 19.8. The fourth-order valence-corrected chi connectivity index (χ4v) is 2.85. The van der Waals surface area contributed by atoms with E-state index in [9.17, 15) is 4.79 Å². The third-order valence-electron chi connectivity index (χ3n) is 4.09. The van der Waals surface area contributed by atoms with Gasteiger partial charge in [0, 0.05) is 6.54 Å². The Kier molecular flexibility index (Phi) is 5.94. The van der Waals surface area contributed by atoms with E-state index >= 15 is 0 Å². The molecule has 0 spiro atoms. The van der Waals surface area contributed by atoms with Crippen LogP contribution in [0.5, 0.6) is 0 Å². The van der Waals surface area contributed by atoms with Gasteiger partial charge in [0.2, 0.25) is 5.89 Å². The standard InChI is InChI=1S/C21H26N4O3/c1-14-24-19(28-25-14)13-22-18(12-23-20(26)27-21(2,3)4)17-10-9-15-7-5-6-8-16(15)11-17/h5-11,18,22H,12-13H2,1-4H3,(H,23,26). The molecule has 1 heterocycles. The van der Waals surface area contributed by atoms with Gasteiger partial charge in [0.25, 0.3) is 0 Å². The second kappa shape index (κ2) is 8.39. The maximum Gasteiger partial charge on any atom is 0.407 e. The number of nitrogens with one attached hydrogen (secondary N) is 2. The van der Waals surface area contributed by atoms with Gasteiger partial charge >= 0.3 is 6.09 Å². The molecule has 7 nitrogen and oxygen atoms in total. The van der Waals surface area contributed by atoms with Crippen LogP contribution in [0.4, 0.5) is 4.79 Å². The van der Waals surface area contributed by atoms with Gasteiger partial charge in [0.1, 0.15) is 5.60 Å². The quantitative estimate of drug-likeness (QED) is 0.672. The van der Waals surface area contributed by atoms with Crippen LogP contribution >= 0.6 is 0 Å². The summed E-state index contributed by atoms with van der Waals surface area (Å²) in [5, 5.41) is 12.3. The van der Waals surface area contributed by atoms with Crippen molar-refractivity contribution in [1.82, 2.24) is 20.8 Å². The second-order valence-corrected chi connectivity index (χ2v) is 7.66. The van der Waals surface area contributed by atoms with E-state index in [1.807, 2.05) is 32.9 Å². The van der Waals surface area contributed by atoms with Crippen LogP contribution in [0.15, 0.2) is 47.0 Å². The number of hydrogen-bond donors (Lipinski definition) is 2. The number of fused-ring (bicyclic) bond motifs is 1. The van der Waals surface area contributed by atoms with E-state index in [2.05, 4.69) is 51.1 Å². The molecule has 0 aliphatic rings. The number of carbonyl (C=O) groups excluding carboxylic acids is 1. The van der Waals surface area contributed by atoms with Gasteiger partial charge in [-0.15, -0.1) is 0 Å². The molecule has 3 rings (SSSR count). The summed E-state index contributed by atoms with van der Waals surface area (Å²) in [5.74, 6) is 1.09.